The zero-order valence-corrected chi connectivity index (χ0v) is 14.2. The Morgan fingerprint density at radius 1 is 1.09 bits per heavy atom. The molecule has 23 heavy (non-hydrogen) atoms. The van der Waals surface area contributed by atoms with E-state index in [-0.39, 0.29) is 16.9 Å². The van der Waals surface area contributed by atoms with E-state index in [0.29, 0.717) is 23.3 Å². The molecule has 0 aromatic heterocycles. The van der Waals surface area contributed by atoms with E-state index >= 15 is 0 Å². The van der Waals surface area contributed by atoms with Crippen molar-refractivity contribution in [2.75, 3.05) is 0 Å². The van der Waals surface area contributed by atoms with Crippen LogP contribution in [0.2, 0.25) is 0 Å². The normalized spacial score (nSPS) is 48.7. The van der Waals surface area contributed by atoms with Gasteiger partial charge in [-0.1, -0.05) is 31.6 Å². The fraction of sp³-hybridized carbons (Fsp3) is 0.750. The second kappa shape index (κ2) is 4.95. The van der Waals surface area contributed by atoms with Crippen LogP contribution in [0, 0.1) is 28.6 Å². The highest BCUT2D eigenvalue weighted by molar-refractivity contribution is 5.89. The molecule has 4 aliphatic rings. The first-order valence-corrected chi connectivity index (χ1v) is 9.18. The van der Waals surface area contributed by atoms with Gasteiger partial charge in [-0.2, -0.15) is 0 Å². The van der Waals surface area contributed by atoms with Crippen molar-refractivity contribution in [3.05, 3.63) is 23.3 Å². The highest BCUT2D eigenvalue weighted by atomic mass is 16.4. The van der Waals surface area contributed by atoms with E-state index in [1.807, 2.05) is 6.08 Å². The van der Waals surface area contributed by atoms with Crippen molar-refractivity contribution in [3.8, 4) is 0 Å². The standard InChI is InChI=1S/C20H28O3/c1-19-9-7-13(21)11-12(19)3-4-14-15-5-6-17(18(22)23)20(15,2)10-8-16(14)19/h3,6,13-16,21H,4-5,7-11H2,1-2H3,(H,22,23)/t13-,14+,15+,16+,19-,20+/m0/s1. The summed E-state index contributed by atoms with van der Waals surface area (Å²) in [6.07, 6.45) is 11.2. The molecule has 0 aliphatic heterocycles. The van der Waals surface area contributed by atoms with Gasteiger partial charge < -0.3 is 10.2 Å². The Labute approximate surface area is 138 Å². The van der Waals surface area contributed by atoms with Gasteiger partial charge in [-0.15, -0.1) is 0 Å². The molecule has 0 spiro atoms. The van der Waals surface area contributed by atoms with Gasteiger partial charge in [0.25, 0.3) is 0 Å². The zero-order valence-electron chi connectivity index (χ0n) is 14.2. The Bertz CT molecular complexity index is 604. The van der Waals surface area contributed by atoms with Crippen molar-refractivity contribution >= 4 is 5.97 Å². The first-order valence-electron chi connectivity index (χ1n) is 9.18. The highest BCUT2D eigenvalue weighted by Crippen LogP contribution is 2.64. The number of rotatable bonds is 1. The van der Waals surface area contributed by atoms with Gasteiger partial charge in [0.15, 0.2) is 0 Å². The minimum Gasteiger partial charge on any atom is -0.478 e. The Morgan fingerprint density at radius 3 is 2.57 bits per heavy atom. The van der Waals surface area contributed by atoms with Crippen LogP contribution in [-0.4, -0.2) is 22.3 Å². The Balaban J connectivity index is 1.67. The number of aliphatic hydroxyl groups is 1. The molecule has 0 unspecified atom stereocenters. The van der Waals surface area contributed by atoms with Gasteiger partial charge in [-0.3, -0.25) is 0 Å². The first-order chi connectivity index (χ1) is 10.9. The molecule has 0 heterocycles. The maximum absolute atomic E-state index is 11.6. The summed E-state index contributed by atoms with van der Waals surface area (Å²) in [5.41, 5.74) is 2.24. The summed E-state index contributed by atoms with van der Waals surface area (Å²) in [5, 5.41) is 19.6. The lowest BCUT2D eigenvalue weighted by Crippen LogP contribution is -2.50. The topological polar surface area (TPSA) is 57.5 Å². The summed E-state index contributed by atoms with van der Waals surface area (Å²) < 4.78 is 0. The van der Waals surface area contributed by atoms with Crippen molar-refractivity contribution in [2.24, 2.45) is 28.6 Å². The maximum Gasteiger partial charge on any atom is 0.331 e. The van der Waals surface area contributed by atoms with Crippen molar-refractivity contribution in [3.63, 3.8) is 0 Å². The summed E-state index contributed by atoms with van der Waals surface area (Å²) >= 11 is 0. The van der Waals surface area contributed by atoms with Crippen molar-refractivity contribution in [2.45, 2.75) is 64.9 Å². The molecule has 4 rings (SSSR count). The molecule has 0 aromatic carbocycles. The van der Waals surface area contributed by atoms with Gasteiger partial charge in [-0.25, -0.2) is 4.79 Å². The van der Waals surface area contributed by atoms with E-state index < -0.39 is 5.97 Å². The molecule has 126 valence electrons. The smallest absolute Gasteiger partial charge is 0.331 e. The van der Waals surface area contributed by atoms with E-state index in [4.69, 9.17) is 0 Å². The average Bonchev–Trinajstić information content (AvgIpc) is 2.85. The second-order valence-corrected chi connectivity index (χ2v) is 8.77. The lowest BCUT2D eigenvalue weighted by molar-refractivity contribution is -0.135. The SMILES string of the molecule is C[C@]12CC[C@H](O)CC1=CC[C@H]1[C@H]2CC[C@@]2(C)C(C(=O)O)=CC[C@H]12. The molecule has 6 atom stereocenters. The molecule has 0 aromatic rings. The summed E-state index contributed by atoms with van der Waals surface area (Å²) in [5.74, 6) is 1.03. The lowest BCUT2D eigenvalue weighted by atomic mass is 9.47. The number of carboxylic acids is 1. The third kappa shape index (κ3) is 2.02. The molecule has 0 amide bonds. The summed E-state index contributed by atoms with van der Waals surface area (Å²) in [6, 6.07) is 0. The minimum atomic E-state index is -0.715. The van der Waals surface area contributed by atoms with Gasteiger partial charge in [0.1, 0.15) is 0 Å². The fourth-order valence-electron chi connectivity index (χ4n) is 6.54. The highest BCUT2D eigenvalue weighted by Gasteiger charge is 2.57. The predicted molar refractivity (Wildman–Crippen MR) is 88.8 cm³/mol. The molecular weight excluding hydrogens is 288 g/mol. The average molecular weight is 316 g/mol. The van der Waals surface area contributed by atoms with Crippen LogP contribution in [0.5, 0.6) is 0 Å². The van der Waals surface area contributed by atoms with Gasteiger partial charge in [0, 0.05) is 11.0 Å². The number of hydrogen-bond donors (Lipinski definition) is 2. The number of allylic oxidation sites excluding steroid dienone is 2. The van der Waals surface area contributed by atoms with Gasteiger partial charge in [0.05, 0.1) is 6.10 Å². The monoisotopic (exact) mass is 316 g/mol. The third-order valence-electron chi connectivity index (χ3n) is 7.89. The van der Waals surface area contributed by atoms with E-state index in [1.54, 1.807) is 0 Å². The summed E-state index contributed by atoms with van der Waals surface area (Å²) in [6.45, 7) is 4.59. The second-order valence-electron chi connectivity index (χ2n) is 8.77. The number of aliphatic hydroxyl groups excluding tert-OH is 1. The quantitative estimate of drug-likeness (QED) is 0.721. The summed E-state index contributed by atoms with van der Waals surface area (Å²) in [4.78, 5) is 11.6. The Morgan fingerprint density at radius 2 is 1.83 bits per heavy atom. The molecule has 0 bridgehead atoms. The lowest BCUT2D eigenvalue weighted by Gasteiger charge is -2.57. The minimum absolute atomic E-state index is 0.136. The third-order valence-corrected chi connectivity index (χ3v) is 7.89. The number of carbonyl (C=O) groups is 1. The Hall–Kier alpha value is -1.09. The van der Waals surface area contributed by atoms with Crippen LogP contribution in [0.3, 0.4) is 0 Å². The van der Waals surface area contributed by atoms with E-state index in [0.717, 1.165) is 44.9 Å². The molecule has 0 saturated heterocycles. The summed E-state index contributed by atoms with van der Waals surface area (Å²) in [7, 11) is 0. The number of hydrogen-bond acceptors (Lipinski definition) is 2. The molecule has 2 fully saturated rings. The molecular formula is C20H28O3. The predicted octanol–water partition coefficient (Wildman–Crippen LogP) is 3.93. The van der Waals surface area contributed by atoms with Crippen LogP contribution in [0.15, 0.2) is 23.3 Å². The van der Waals surface area contributed by atoms with Gasteiger partial charge in [0.2, 0.25) is 0 Å². The Kier molecular flexibility index (Phi) is 3.32. The number of carboxylic acid groups (broad SMARTS) is 1. The molecule has 3 nitrogen and oxygen atoms in total. The van der Waals surface area contributed by atoms with Crippen LogP contribution < -0.4 is 0 Å². The van der Waals surface area contributed by atoms with Crippen LogP contribution in [-0.2, 0) is 4.79 Å². The van der Waals surface area contributed by atoms with Crippen molar-refractivity contribution in [1.82, 2.24) is 0 Å². The van der Waals surface area contributed by atoms with Crippen LogP contribution >= 0.6 is 0 Å². The first kappa shape index (κ1) is 15.4. The van der Waals surface area contributed by atoms with E-state index in [9.17, 15) is 15.0 Å². The maximum atomic E-state index is 11.6. The number of fused-ring (bicyclic) bond motifs is 5. The van der Waals surface area contributed by atoms with E-state index in [2.05, 4.69) is 19.9 Å². The van der Waals surface area contributed by atoms with Gasteiger partial charge >= 0.3 is 5.97 Å². The zero-order chi connectivity index (χ0) is 16.4. The van der Waals surface area contributed by atoms with Crippen LogP contribution in [0.25, 0.3) is 0 Å². The molecule has 2 saturated carbocycles. The van der Waals surface area contributed by atoms with Crippen molar-refractivity contribution in [1.29, 1.82) is 0 Å². The molecule has 4 aliphatic carbocycles. The number of aliphatic carboxylic acids is 1. The molecule has 2 N–H and O–H groups in total. The fourth-order valence-corrected chi connectivity index (χ4v) is 6.54. The van der Waals surface area contributed by atoms with E-state index in [1.165, 1.54) is 5.57 Å². The molecule has 0 radical (unpaired) electrons. The van der Waals surface area contributed by atoms with Crippen LogP contribution in [0.4, 0.5) is 0 Å². The largest absolute Gasteiger partial charge is 0.478 e. The molecule has 3 heteroatoms. The van der Waals surface area contributed by atoms with Gasteiger partial charge in [-0.05, 0) is 68.1 Å². The van der Waals surface area contributed by atoms with Crippen molar-refractivity contribution < 1.29 is 15.0 Å². The van der Waals surface area contributed by atoms with Crippen LogP contribution in [0.1, 0.15) is 58.8 Å².